The molecule has 1 heteroatoms. The smallest absolute Gasteiger partial charge is 0.0486 e. The first kappa shape index (κ1) is 19.2. The largest absolute Gasteiger partial charge is 0.122 e. The van der Waals surface area contributed by atoms with E-state index in [9.17, 15) is 0 Å². The number of hydrogen-bond donors (Lipinski definition) is 0. The molecule has 0 aliphatic heterocycles. The second-order valence-corrected chi connectivity index (χ2v) is 7.67. The Kier molecular flexibility index (Phi) is 7.38. The van der Waals surface area contributed by atoms with Crippen LogP contribution >= 0.6 is 11.6 Å². The van der Waals surface area contributed by atoms with E-state index < -0.39 is 0 Å². The predicted molar refractivity (Wildman–Crippen MR) is 117 cm³/mol. The summed E-state index contributed by atoms with van der Waals surface area (Å²) in [6.45, 7) is 2.28. The van der Waals surface area contributed by atoms with E-state index in [0.29, 0.717) is 5.88 Å². The van der Waals surface area contributed by atoms with E-state index in [-0.39, 0.29) is 0 Å². The lowest BCUT2D eigenvalue weighted by Gasteiger charge is -2.15. The van der Waals surface area contributed by atoms with Gasteiger partial charge in [-0.2, -0.15) is 0 Å². The van der Waals surface area contributed by atoms with Crippen molar-refractivity contribution >= 4 is 33.1 Å². The number of benzene rings is 3. The molecule has 0 spiro atoms. The van der Waals surface area contributed by atoms with Gasteiger partial charge in [0.1, 0.15) is 0 Å². The van der Waals surface area contributed by atoms with Crippen molar-refractivity contribution in [2.75, 3.05) is 0 Å². The quantitative estimate of drug-likeness (QED) is 0.192. The Balaban J connectivity index is 1.77. The maximum absolute atomic E-state index is 6.33. The van der Waals surface area contributed by atoms with Gasteiger partial charge in [0, 0.05) is 5.88 Å². The molecule has 0 heterocycles. The lowest BCUT2D eigenvalue weighted by atomic mass is 9.90. The summed E-state index contributed by atoms with van der Waals surface area (Å²) < 4.78 is 0. The monoisotopic (exact) mass is 366 g/mol. The number of fused-ring (bicyclic) bond motifs is 2. The summed E-state index contributed by atoms with van der Waals surface area (Å²) in [7, 11) is 0. The highest BCUT2D eigenvalue weighted by Crippen LogP contribution is 2.34. The van der Waals surface area contributed by atoms with Crippen molar-refractivity contribution in [3.05, 3.63) is 59.7 Å². The van der Waals surface area contributed by atoms with E-state index in [2.05, 4.69) is 55.5 Å². The third kappa shape index (κ3) is 4.41. The van der Waals surface area contributed by atoms with Gasteiger partial charge >= 0.3 is 0 Å². The van der Waals surface area contributed by atoms with Crippen LogP contribution in [-0.4, -0.2) is 0 Å². The molecule has 0 aliphatic rings. The zero-order valence-electron chi connectivity index (χ0n) is 16.1. The van der Waals surface area contributed by atoms with Crippen molar-refractivity contribution < 1.29 is 0 Å². The van der Waals surface area contributed by atoms with Crippen molar-refractivity contribution in [3.8, 4) is 0 Å². The van der Waals surface area contributed by atoms with Crippen molar-refractivity contribution in [2.45, 2.75) is 70.6 Å². The van der Waals surface area contributed by atoms with E-state index in [1.54, 1.807) is 0 Å². The molecule has 138 valence electrons. The average Bonchev–Trinajstić information content (AvgIpc) is 2.69. The van der Waals surface area contributed by atoms with Gasteiger partial charge in [-0.25, -0.2) is 0 Å². The van der Waals surface area contributed by atoms with Crippen LogP contribution in [0.25, 0.3) is 21.5 Å². The standard InChI is InChI=1S/C25H31Cl/c1-2-3-4-5-6-7-8-9-14-20-21-15-10-12-17-23(21)25(19-26)24-18-13-11-16-22(20)24/h10-13,15-18H,2-9,14,19H2,1H3. The summed E-state index contributed by atoms with van der Waals surface area (Å²) in [5.74, 6) is 0.569. The molecule has 0 nitrogen and oxygen atoms in total. The van der Waals surface area contributed by atoms with E-state index in [1.807, 2.05) is 0 Å². The second kappa shape index (κ2) is 9.97. The summed E-state index contributed by atoms with van der Waals surface area (Å²) in [6, 6.07) is 17.6. The molecule has 3 rings (SSSR count). The molecular formula is C25H31Cl. The Bertz CT molecular complexity index is 777. The van der Waals surface area contributed by atoms with Crippen molar-refractivity contribution in [1.29, 1.82) is 0 Å². The summed E-state index contributed by atoms with van der Waals surface area (Å²) in [6.07, 6.45) is 12.1. The first-order valence-corrected chi connectivity index (χ1v) is 10.9. The first-order valence-electron chi connectivity index (χ1n) is 10.3. The van der Waals surface area contributed by atoms with Crippen LogP contribution in [0.2, 0.25) is 0 Å². The minimum atomic E-state index is 0.569. The number of hydrogen-bond acceptors (Lipinski definition) is 0. The number of rotatable bonds is 10. The maximum Gasteiger partial charge on any atom is 0.0486 e. The molecule has 0 saturated heterocycles. The Labute approximate surface area is 163 Å². The second-order valence-electron chi connectivity index (χ2n) is 7.41. The van der Waals surface area contributed by atoms with Crippen LogP contribution in [0.5, 0.6) is 0 Å². The topological polar surface area (TPSA) is 0 Å². The fraction of sp³-hybridized carbons (Fsp3) is 0.440. The first-order chi connectivity index (χ1) is 12.9. The molecule has 26 heavy (non-hydrogen) atoms. The van der Waals surface area contributed by atoms with Crippen LogP contribution in [0.3, 0.4) is 0 Å². The molecule has 0 fully saturated rings. The van der Waals surface area contributed by atoms with Gasteiger partial charge in [-0.3, -0.25) is 0 Å². The van der Waals surface area contributed by atoms with Crippen LogP contribution in [0.15, 0.2) is 48.5 Å². The maximum atomic E-state index is 6.33. The van der Waals surface area contributed by atoms with E-state index in [0.717, 1.165) is 0 Å². The lowest BCUT2D eigenvalue weighted by Crippen LogP contribution is -1.95. The Morgan fingerprint density at radius 3 is 1.46 bits per heavy atom. The third-order valence-corrected chi connectivity index (χ3v) is 5.84. The molecule has 0 saturated carbocycles. The Hall–Kier alpha value is -1.53. The van der Waals surface area contributed by atoms with Crippen LogP contribution in [-0.2, 0) is 12.3 Å². The molecule has 0 atom stereocenters. The fourth-order valence-corrected chi connectivity index (χ4v) is 4.45. The predicted octanol–water partition coefficient (Wildman–Crippen LogP) is 8.42. The lowest BCUT2D eigenvalue weighted by molar-refractivity contribution is 0.576. The summed E-state index contributed by atoms with van der Waals surface area (Å²) in [4.78, 5) is 0. The van der Waals surface area contributed by atoms with Gasteiger partial charge in [-0.05, 0) is 45.5 Å². The van der Waals surface area contributed by atoms with Crippen molar-refractivity contribution in [2.24, 2.45) is 0 Å². The zero-order chi connectivity index (χ0) is 18.2. The van der Waals surface area contributed by atoms with E-state index >= 15 is 0 Å². The molecule has 0 radical (unpaired) electrons. The van der Waals surface area contributed by atoms with Gasteiger partial charge in [0.05, 0.1) is 0 Å². The Morgan fingerprint density at radius 2 is 1.00 bits per heavy atom. The molecular weight excluding hydrogens is 336 g/mol. The number of unbranched alkanes of at least 4 members (excludes halogenated alkanes) is 7. The van der Waals surface area contributed by atoms with Crippen LogP contribution in [0.1, 0.15) is 69.4 Å². The van der Waals surface area contributed by atoms with Gasteiger partial charge in [0.15, 0.2) is 0 Å². The highest BCUT2D eigenvalue weighted by Gasteiger charge is 2.12. The fourth-order valence-electron chi connectivity index (χ4n) is 4.16. The molecule has 3 aromatic carbocycles. The minimum Gasteiger partial charge on any atom is -0.122 e. The highest BCUT2D eigenvalue weighted by molar-refractivity contribution is 6.20. The summed E-state index contributed by atoms with van der Waals surface area (Å²) >= 11 is 6.33. The molecule has 0 amide bonds. The van der Waals surface area contributed by atoms with E-state index in [1.165, 1.54) is 90.5 Å². The summed E-state index contributed by atoms with van der Waals surface area (Å²) in [5, 5.41) is 5.45. The van der Waals surface area contributed by atoms with E-state index in [4.69, 9.17) is 11.6 Å². The van der Waals surface area contributed by atoms with Crippen LogP contribution in [0, 0.1) is 0 Å². The molecule has 0 unspecified atom stereocenters. The molecule has 0 N–H and O–H groups in total. The molecule has 0 aromatic heterocycles. The van der Waals surface area contributed by atoms with Gasteiger partial charge < -0.3 is 0 Å². The molecule has 0 bridgehead atoms. The molecule has 3 aromatic rings. The molecule has 0 aliphatic carbocycles. The van der Waals surface area contributed by atoms with Gasteiger partial charge in [0.2, 0.25) is 0 Å². The Morgan fingerprint density at radius 1 is 0.577 bits per heavy atom. The zero-order valence-corrected chi connectivity index (χ0v) is 16.8. The third-order valence-electron chi connectivity index (χ3n) is 5.57. The highest BCUT2D eigenvalue weighted by atomic mass is 35.5. The van der Waals surface area contributed by atoms with Crippen molar-refractivity contribution in [1.82, 2.24) is 0 Å². The average molecular weight is 367 g/mol. The number of aryl methyl sites for hydroxylation is 1. The SMILES string of the molecule is CCCCCCCCCCc1c2ccccc2c(CCl)c2ccccc12. The van der Waals surface area contributed by atoms with Gasteiger partial charge in [-0.15, -0.1) is 11.6 Å². The normalized spacial score (nSPS) is 11.5. The summed E-state index contributed by atoms with van der Waals surface area (Å²) in [5.41, 5.74) is 2.79. The van der Waals surface area contributed by atoms with Crippen LogP contribution < -0.4 is 0 Å². The number of alkyl halides is 1. The van der Waals surface area contributed by atoms with Crippen molar-refractivity contribution in [3.63, 3.8) is 0 Å². The van der Waals surface area contributed by atoms with Gasteiger partial charge in [0.25, 0.3) is 0 Å². The van der Waals surface area contributed by atoms with Crippen LogP contribution in [0.4, 0.5) is 0 Å². The van der Waals surface area contributed by atoms with Gasteiger partial charge in [-0.1, -0.05) is 100 Å². The number of halogens is 1. The minimum absolute atomic E-state index is 0.569.